The Balaban J connectivity index is 2.74. The maximum Gasteiger partial charge on any atom is 0.341 e. The lowest BCUT2D eigenvalue weighted by molar-refractivity contribution is -0.160. The molecule has 0 spiro atoms. The Morgan fingerprint density at radius 3 is 1.54 bits per heavy atom. The van der Waals surface area contributed by atoms with Crippen molar-refractivity contribution in [2.75, 3.05) is 0 Å². The van der Waals surface area contributed by atoms with Gasteiger partial charge in [0.1, 0.15) is 0 Å². The van der Waals surface area contributed by atoms with E-state index in [1.54, 1.807) is 0 Å². The van der Waals surface area contributed by atoms with Crippen LogP contribution in [0.25, 0.3) is 0 Å². The SMILES string of the molecule is C=CC(=O)OC(C)OC(=O)c1cccc(C(=O)OC(C)OC(=O)C=C)c1. The van der Waals surface area contributed by atoms with E-state index in [1.165, 1.54) is 38.1 Å². The van der Waals surface area contributed by atoms with Gasteiger partial charge in [0, 0.05) is 26.0 Å². The third-order valence-electron chi connectivity index (χ3n) is 2.78. The summed E-state index contributed by atoms with van der Waals surface area (Å²) in [6.45, 7) is 9.16. The molecule has 0 fully saturated rings. The molecule has 0 aromatic heterocycles. The minimum absolute atomic E-state index is 0.0386. The molecule has 1 aromatic carbocycles. The molecule has 0 saturated heterocycles. The zero-order valence-electron chi connectivity index (χ0n) is 14.3. The normalized spacial score (nSPS) is 12.1. The van der Waals surface area contributed by atoms with Crippen molar-refractivity contribution >= 4 is 23.9 Å². The van der Waals surface area contributed by atoms with Crippen LogP contribution in [0.5, 0.6) is 0 Å². The summed E-state index contributed by atoms with van der Waals surface area (Å²) in [6.07, 6.45) is -0.410. The second-order valence-corrected chi connectivity index (χ2v) is 4.81. The molecule has 138 valence electrons. The van der Waals surface area contributed by atoms with Gasteiger partial charge in [-0.2, -0.15) is 0 Å². The molecule has 0 N–H and O–H groups in total. The van der Waals surface area contributed by atoms with Crippen LogP contribution < -0.4 is 0 Å². The second kappa shape index (κ2) is 9.77. The van der Waals surface area contributed by atoms with Crippen LogP contribution in [0.3, 0.4) is 0 Å². The summed E-state index contributed by atoms with van der Waals surface area (Å²) in [5.74, 6) is -3.11. The van der Waals surface area contributed by atoms with Crippen molar-refractivity contribution in [3.8, 4) is 0 Å². The van der Waals surface area contributed by atoms with Crippen LogP contribution in [0.15, 0.2) is 49.6 Å². The van der Waals surface area contributed by atoms with Gasteiger partial charge in [-0.15, -0.1) is 0 Å². The van der Waals surface area contributed by atoms with Gasteiger partial charge in [-0.25, -0.2) is 19.2 Å². The van der Waals surface area contributed by atoms with Crippen LogP contribution in [-0.2, 0) is 28.5 Å². The molecule has 8 heteroatoms. The molecule has 1 aromatic rings. The van der Waals surface area contributed by atoms with E-state index in [2.05, 4.69) is 13.2 Å². The predicted molar refractivity (Wildman–Crippen MR) is 88.8 cm³/mol. The lowest BCUT2D eigenvalue weighted by Crippen LogP contribution is -2.22. The van der Waals surface area contributed by atoms with Crippen molar-refractivity contribution in [1.29, 1.82) is 0 Å². The molecule has 0 amide bonds. The molecule has 2 unspecified atom stereocenters. The van der Waals surface area contributed by atoms with E-state index >= 15 is 0 Å². The molecule has 0 heterocycles. The van der Waals surface area contributed by atoms with Gasteiger partial charge in [0.05, 0.1) is 11.1 Å². The maximum atomic E-state index is 12.0. The molecule has 8 nitrogen and oxygen atoms in total. The van der Waals surface area contributed by atoms with Gasteiger partial charge in [-0.3, -0.25) is 0 Å². The average Bonchev–Trinajstić information content (AvgIpc) is 2.61. The minimum Gasteiger partial charge on any atom is -0.422 e. The van der Waals surface area contributed by atoms with E-state index in [1.807, 2.05) is 0 Å². The third kappa shape index (κ3) is 6.60. The van der Waals surface area contributed by atoms with Crippen LogP contribution in [-0.4, -0.2) is 36.5 Å². The van der Waals surface area contributed by atoms with Gasteiger partial charge in [0.2, 0.25) is 12.6 Å². The van der Waals surface area contributed by atoms with Gasteiger partial charge in [-0.05, 0) is 18.2 Å². The molecule has 0 aliphatic carbocycles. The van der Waals surface area contributed by atoms with Crippen LogP contribution in [0, 0.1) is 0 Å². The number of hydrogen-bond donors (Lipinski definition) is 0. The smallest absolute Gasteiger partial charge is 0.341 e. The summed E-state index contributed by atoms with van der Waals surface area (Å²) < 4.78 is 19.3. The highest BCUT2D eigenvalue weighted by Crippen LogP contribution is 2.11. The van der Waals surface area contributed by atoms with Crippen molar-refractivity contribution in [3.63, 3.8) is 0 Å². The van der Waals surface area contributed by atoms with Crippen molar-refractivity contribution in [1.82, 2.24) is 0 Å². The molecule has 0 radical (unpaired) electrons. The van der Waals surface area contributed by atoms with Gasteiger partial charge in [-0.1, -0.05) is 19.2 Å². The molecular weight excluding hydrogens is 344 g/mol. The van der Waals surface area contributed by atoms with Gasteiger partial charge in [0.15, 0.2) is 0 Å². The first-order valence-electron chi connectivity index (χ1n) is 7.45. The minimum atomic E-state index is -1.14. The summed E-state index contributed by atoms with van der Waals surface area (Å²) in [4.78, 5) is 46.2. The Kier molecular flexibility index (Phi) is 7.75. The van der Waals surface area contributed by atoms with Crippen molar-refractivity contribution < 1.29 is 38.1 Å². The van der Waals surface area contributed by atoms with Gasteiger partial charge in [0.25, 0.3) is 0 Å². The number of carbonyl (C=O) groups is 4. The highest BCUT2D eigenvalue weighted by atomic mass is 16.7. The van der Waals surface area contributed by atoms with Crippen LogP contribution in [0.2, 0.25) is 0 Å². The van der Waals surface area contributed by atoms with E-state index in [-0.39, 0.29) is 11.1 Å². The molecule has 0 bridgehead atoms. The Labute approximate surface area is 150 Å². The molecule has 0 saturated carbocycles. The summed E-state index contributed by atoms with van der Waals surface area (Å²) in [7, 11) is 0. The van der Waals surface area contributed by atoms with E-state index < -0.39 is 36.5 Å². The first-order chi connectivity index (χ1) is 12.3. The number of ether oxygens (including phenoxy) is 4. The summed E-state index contributed by atoms with van der Waals surface area (Å²) in [5, 5.41) is 0. The maximum absolute atomic E-state index is 12.0. The zero-order valence-corrected chi connectivity index (χ0v) is 14.3. The molecule has 0 aliphatic rings. The summed E-state index contributed by atoms with van der Waals surface area (Å²) >= 11 is 0. The number of esters is 4. The largest absolute Gasteiger partial charge is 0.422 e. The number of benzene rings is 1. The lowest BCUT2D eigenvalue weighted by atomic mass is 10.1. The first kappa shape index (κ1) is 20.6. The first-order valence-corrected chi connectivity index (χ1v) is 7.45. The second-order valence-electron chi connectivity index (χ2n) is 4.81. The van der Waals surface area contributed by atoms with E-state index in [0.717, 1.165) is 12.2 Å². The van der Waals surface area contributed by atoms with Crippen LogP contribution >= 0.6 is 0 Å². The lowest BCUT2D eigenvalue weighted by Gasteiger charge is -2.14. The number of rotatable bonds is 8. The topological polar surface area (TPSA) is 105 Å². The van der Waals surface area contributed by atoms with Crippen molar-refractivity contribution in [2.45, 2.75) is 26.4 Å². The number of carbonyl (C=O) groups excluding carboxylic acids is 4. The zero-order chi connectivity index (χ0) is 19.7. The average molecular weight is 362 g/mol. The fraction of sp³-hybridized carbons (Fsp3) is 0.222. The van der Waals surface area contributed by atoms with Gasteiger partial charge < -0.3 is 18.9 Å². The van der Waals surface area contributed by atoms with Crippen molar-refractivity contribution in [2.24, 2.45) is 0 Å². The Hall–Kier alpha value is -3.42. The van der Waals surface area contributed by atoms with Crippen LogP contribution in [0.1, 0.15) is 34.6 Å². The standard InChI is InChI=1S/C18H18O8/c1-5-15(19)23-11(3)25-17(21)13-8-7-9-14(10-13)18(22)26-12(4)24-16(20)6-2/h5-12H,1-2H2,3-4H3. The quantitative estimate of drug-likeness (QED) is 0.393. The summed E-state index contributed by atoms with van der Waals surface area (Å²) in [5.41, 5.74) is 0.0772. The van der Waals surface area contributed by atoms with E-state index in [9.17, 15) is 19.2 Å². The monoisotopic (exact) mass is 362 g/mol. The molecular formula is C18H18O8. The molecule has 2 atom stereocenters. The van der Waals surface area contributed by atoms with E-state index in [4.69, 9.17) is 18.9 Å². The molecule has 1 rings (SSSR count). The molecule has 26 heavy (non-hydrogen) atoms. The van der Waals surface area contributed by atoms with Gasteiger partial charge >= 0.3 is 23.9 Å². The Morgan fingerprint density at radius 2 is 1.19 bits per heavy atom. The highest BCUT2D eigenvalue weighted by molar-refractivity contribution is 5.95. The fourth-order valence-corrected chi connectivity index (χ4v) is 1.68. The highest BCUT2D eigenvalue weighted by Gasteiger charge is 2.18. The van der Waals surface area contributed by atoms with E-state index in [0.29, 0.717) is 0 Å². The summed E-state index contributed by atoms with van der Waals surface area (Å²) in [6, 6.07) is 5.48. The fourth-order valence-electron chi connectivity index (χ4n) is 1.68. The Bertz CT molecular complexity index is 664. The third-order valence-corrected chi connectivity index (χ3v) is 2.78. The molecule has 0 aliphatic heterocycles. The Morgan fingerprint density at radius 1 is 0.808 bits per heavy atom. The van der Waals surface area contributed by atoms with Crippen molar-refractivity contribution in [3.05, 3.63) is 60.7 Å². The number of hydrogen-bond acceptors (Lipinski definition) is 8. The van der Waals surface area contributed by atoms with Crippen LogP contribution in [0.4, 0.5) is 0 Å². The predicted octanol–water partition coefficient (Wildman–Crippen LogP) is 2.15.